The van der Waals surface area contributed by atoms with Crippen molar-refractivity contribution in [3.63, 3.8) is 0 Å². The van der Waals surface area contributed by atoms with Crippen LogP contribution in [-0.4, -0.2) is 69.5 Å². The third-order valence-electron chi connectivity index (χ3n) is 2.80. The standard InChI is InChI=1S/C12H20N2O8/c15-9(16)3-1-7(11(19)20)13-5-6-14-8(12(21)22)2-4-10(17)18/h7-8,13-14H,1-6H2,(H,15,16)(H,17,18)(H,19,20)(H,21,22)/t7-,8+. The van der Waals surface area contributed by atoms with Crippen molar-refractivity contribution >= 4 is 23.9 Å². The third-order valence-corrected chi connectivity index (χ3v) is 2.80. The SMILES string of the molecule is O=C(O)CC[C@H](NCCN[C@H](CCC(=O)O)C(=O)O)C(=O)O. The van der Waals surface area contributed by atoms with E-state index in [2.05, 4.69) is 10.6 Å². The van der Waals surface area contributed by atoms with E-state index in [4.69, 9.17) is 20.4 Å². The first-order valence-corrected chi connectivity index (χ1v) is 6.60. The molecule has 6 N–H and O–H groups in total. The minimum atomic E-state index is -1.19. The first kappa shape index (κ1) is 19.8. The smallest absolute Gasteiger partial charge is 0.320 e. The summed E-state index contributed by atoms with van der Waals surface area (Å²) in [4.78, 5) is 42.6. The van der Waals surface area contributed by atoms with E-state index in [0.717, 1.165) is 0 Å². The molecule has 0 amide bonds. The second kappa shape index (κ2) is 10.5. The Balaban J connectivity index is 4.12. The fourth-order valence-electron chi connectivity index (χ4n) is 1.65. The van der Waals surface area contributed by atoms with Crippen LogP contribution in [0.1, 0.15) is 25.7 Å². The maximum Gasteiger partial charge on any atom is 0.320 e. The molecule has 0 aliphatic rings. The van der Waals surface area contributed by atoms with Crippen LogP contribution in [0.25, 0.3) is 0 Å². The largest absolute Gasteiger partial charge is 0.481 e. The lowest BCUT2D eigenvalue weighted by Crippen LogP contribution is -2.44. The van der Waals surface area contributed by atoms with E-state index in [1.165, 1.54) is 0 Å². The Hall–Kier alpha value is -2.20. The second-order valence-electron chi connectivity index (χ2n) is 4.55. The lowest BCUT2D eigenvalue weighted by atomic mass is 10.1. The van der Waals surface area contributed by atoms with E-state index >= 15 is 0 Å². The average Bonchev–Trinajstić information content (AvgIpc) is 2.39. The van der Waals surface area contributed by atoms with Gasteiger partial charge in [0.05, 0.1) is 0 Å². The zero-order valence-electron chi connectivity index (χ0n) is 11.8. The minimum Gasteiger partial charge on any atom is -0.481 e. The molecule has 10 heteroatoms. The summed E-state index contributed by atoms with van der Waals surface area (Å²) in [5, 5.41) is 40.0. The minimum absolute atomic E-state index is 0.0912. The fourth-order valence-corrected chi connectivity index (χ4v) is 1.65. The molecule has 0 aliphatic heterocycles. The summed E-state index contributed by atoms with van der Waals surface area (Å²) in [5.74, 6) is -4.60. The summed E-state index contributed by atoms with van der Waals surface area (Å²) in [5.41, 5.74) is 0. The quantitative estimate of drug-likeness (QED) is 0.226. The van der Waals surface area contributed by atoms with Gasteiger partial charge in [-0.1, -0.05) is 0 Å². The van der Waals surface area contributed by atoms with Crippen molar-refractivity contribution in [1.29, 1.82) is 0 Å². The van der Waals surface area contributed by atoms with Gasteiger partial charge in [0.15, 0.2) is 0 Å². The summed E-state index contributed by atoms with van der Waals surface area (Å²) in [7, 11) is 0. The van der Waals surface area contributed by atoms with Crippen LogP contribution in [0.15, 0.2) is 0 Å². The molecule has 0 radical (unpaired) electrons. The summed E-state index contributed by atoms with van der Waals surface area (Å²) in [6.07, 6.45) is -0.778. The first-order valence-electron chi connectivity index (χ1n) is 6.60. The Morgan fingerprint density at radius 3 is 1.23 bits per heavy atom. The predicted molar refractivity (Wildman–Crippen MR) is 72.6 cm³/mol. The second-order valence-corrected chi connectivity index (χ2v) is 4.55. The van der Waals surface area contributed by atoms with Gasteiger partial charge in [-0.2, -0.15) is 0 Å². The lowest BCUT2D eigenvalue weighted by Gasteiger charge is -2.16. The van der Waals surface area contributed by atoms with E-state index in [1.54, 1.807) is 0 Å². The summed E-state index contributed by atoms with van der Waals surface area (Å²) < 4.78 is 0. The number of hydrogen-bond donors (Lipinski definition) is 6. The molecular formula is C12H20N2O8. The van der Waals surface area contributed by atoms with Crippen LogP contribution >= 0.6 is 0 Å². The molecule has 2 atom stereocenters. The summed E-state index contributed by atoms with van der Waals surface area (Å²) in [6, 6.07) is -2.08. The molecule has 0 heterocycles. The highest BCUT2D eigenvalue weighted by Gasteiger charge is 2.20. The molecule has 0 unspecified atom stereocenters. The number of hydrogen-bond acceptors (Lipinski definition) is 6. The molecule has 0 aromatic carbocycles. The van der Waals surface area contributed by atoms with Crippen molar-refractivity contribution in [2.75, 3.05) is 13.1 Å². The number of nitrogens with one attached hydrogen (secondary N) is 2. The van der Waals surface area contributed by atoms with Crippen molar-refractivity contribution in [2.24, 2.45) is 0 Å². The van der Waals surface area contributed by atoms with Gasteiger partial charge >= 0.3 is 23.9 Å². The van der Waals surface area contributed by atoms with Crippen molar-refractivity contribution in [3.8, 4) is 0 Å². The van der Waals surface area contributed by atoms with Crippen LogP contribution in [0, 0.1) is 0 Å². The molecule has 126 valence electrons. The van der Waals surface area contributed by atoms with Gasteiger partial charge in [-0.3, -0.25) is 19.2 Å². The van der Waals surface area contributed by atoms with E-state index in [-0.39, 0.29) is 38.8 Å². The van der Waals surface area contributed by atoms with Gasteiger partial charge < -0.3 is 31.1 Å². The number of carboxylic acid groups (broad SMARTS) is 4. The number of carboxylic acids is 4. The Labute approximate surface area is 126 Å². The van der Waals surface area contributed by atoms with Crippen LogP contribution in [0.3, 0.4) is 0 Å². The maximum absolute atomic E-state index is 10.9. The molecule has 0 rings (SSSR count). The molecule has 0 fully saturated rings. The molecule has 22 heavy (non-hydrogen) atoms. The van der Waals surface area contributed by atoms with Crippen LogP contribution < -0.4 is 10.6 Å². The van der Waals surface area contributed by atoms with Gasteiger partial charge in [0.2, 0.25) is 0 Å². The predicted octanol–water partition coefficient (Wildman–Crippen LogP) is -1.20. The average molecular weight is 320 g/mol. The Morgan fingerprint density at radius 2 is 1.00 bits per heavy atom. The van der Waals surface area contributed by atoms with Crippen molar-refractivity contribution in [1.82, 2.24) is 10.6 Å². The molecule has 0 spiro atoms. The van der Waals surface area contributed by atoms with Crippen molar-refractivity contribution in [3.05, 3.63) is 0 Å². The highest BCUT2D eigenvalue weighted by Crippen LogP contribution is 1.99. The number of aliphatic carboxylic acids is 4. The Morgan fingerprint density at radius 1 is 0.682 bits per heavy atom. The first-order chi connectivity index (χ1) is 10.2. The van der Waals surface area contributed by atoms with Gasteiger partial charge in [0, 0.05) is 25.9 Å². The molecule has 0 aromatic heterocycles. The van der Waals surface area contributed by atoms with Crippen LogP contribution in [0.5, 0.6) is 0 Å². The normalized spacial score (nSPS) is 13.3. The topological polar surface area (TPSA) is 173 Å². The summed E-state index contributed by atoms with van der Waals surface area (Å²) >= 11 is 0. The van der Waals surface area contributed by atoms with E-state index in [9.17, 15) is 19.2 Å². The van der Waals surface area contributed by atoms with Gasteiger partial charge in [0.1, 0.15) is 12.1 Å². The summed E-state index contributed by atoms with van der Waals surface area (Å²) in [6.45, 7) is 0.209. The highest BCUT2D eigenvalue weighted by molar-refractivity contribution is 5.75. The zero-order chi connectivity index (χ0) is 17.1. The van der Waals surface area contributed by atoms with Gasteiger partial charge in [-0.05, 0) is 12.8 Å². The monoisotopic (exact) mass is 320 g/mol. The van der Waals surface area contributed by atoms with Gasteiger partial charge in [0.25, 0.3) is 0 Å². The Bertz CT molecular complexity index is 374. The molecular weight excluding hydrogens is 300 g/mol. The molecule has 0 aliphatic carbocycles. The fraction of sp³-hybridized carbons (Fsp3) is 0.667. The van der Waals surface area contributed by atoms with Gasteiger partial charge in [-0.25, -0.2) is 0 Å². The van der Waals surface area contributed by atoms with Crippen molar-refractivity contribution < 1.29 is 39.6 Å². The maximum atomic E-state index is 10.9. The van der Waals surface area contributed by atoms with Gasteiger partial charge in [-0.15, -0.1) is 0 Å². The lowest BCUT2D eigenvalue weighted by molar-refractivity contribution is -0.142. The third kappa shape index (κ3) is 9.66. The molecule has 0 bridgehead atoms. The van der Waals surface area contributed by atoms with E-state index in [0.29, 0.717) is 0 Å². The molecule has 0 aromatic rings. The van der Waals surface area contributed by atoms with Crippen LogP contribution in [0.4, 0.5) is 0 Å². The molecule has 10 nitrogen and oxygen atoms in total. The molecule has 0 saturated heterocycles. The van der Waals surface area contributed by atoms with E-state index < -0.39 is 36.0 Å². The zero-order valence-corrected chi connectivity index (χ0v) is 11.8. The number of rotatable bonds is 13. The molecule has 0 saturated carbocycles. The van der Waals surface area contributed by atoms with Crippen LogP contribution in [-0.2, 0) is 19.2 Å². The van der Waals surface area contributed by atoms with Crippen molar-refractivity contribution in [2.45, 2.75) is 37.8 Å². The highest BCUT2D eigenvalue weighted by atomic mass is 16.4. The van der Waals surface area contributed by atoms with E-state index in [1.807, 2.05) is 0 Å². The Kier molecular flexibility index (Phi) is 9.46. The van der Waals surface area contributed by atoms with Crippen LogP contribution in [0.2, 0.25) is 0 Å². The number of carbonyl (C=O) groups is 4.